The van der Waals surface area contributed by atoms with E-state index >= 15 is 0 Å². The first-order chi connectivity index (χ1) is 8.04. The van der Waals surface area contributed by atoms with Crippen LogP contribution in [0, 0.1) is 0 Å². The van der Waals surface area contributed by atoms with E-state index in [0.717, 1.165) is 5.56 Å². The van der Waals surface area contributed by atoms with Gasteiger partial charge < -0.3 is 15.2 Å². The van der Waals surface area contributed by atoms with Gasteiger partial charge in [0.05, 0.1) is 18.4 Å². The van der Waals surface area contributed by atoms with Crippen LogP contribution in [0.25, 0.3) is 0 Å². The Kier molecular flexibility index (Phi) is 4.09. The summed E-state index contributed by atoms with van der Waals surface area (Å²) in [4.78, 5) is 22.1. The van der Waals surface area contributed by atoms with E-state index in [2.05, 4.69) is 5.32 Å². The number of aldehydes is 1. The van der Waals surface area contributed by atoms with Crippen molar-refractivity contribution in [1.29, 1.82) is 0 Å². The third-order valence-electron chi connectivity index (χ3n) is 2.40. The average molecular weight is 237 g/mol. The summed E-state index contributed by atoms with van der Waals surface area (Å²) in [5.74, 6) is -0.339. The van der Waals surface area contributed by atoms with Crippen LogP contribution in [0.2, 0.25) is 0 Å². The number of carbonyl (C=O) groups is 2. The molecule has 0 atom stereocenters. The Morgan fingerprint density at radius 2 is 2.24 bits per heavy atom. The molecule has 17 heavy (non-hydrogen) atoms. The lowest BCUT2D eigenvalue weighted by Gasteiger charge is -2.15. The quantitative estimate of drug-likeness (QED) is 0.782. The van der Waals surface area contributed by atoms with E-state index in [0.29, 0.717) is 18.4 Å². The second kappa shape index (κ2) is 5.34. The van der Waals surface area contributed by atoms with Gasteiger partial charge in [0, 0.05) is 6.92 Å². The van der Waals surface area contributed by atoms with Crippen LogP contribution in [-0.2, 0) is 11.2 Å². The minimum absolute atomic E-state index is 0.0383. The molecule has 5 heteroatoms. The summed E-state index contributed by atoms with van der Waals surface area (Å²) in [5, 5.41) is 12.3. The maximum absolute atomic E-state index is 11.1. The molecule has 1 amide bonds. The van der Waals surface area contributed by atoms with Gasteiger partial charge in [-0.2, -0.15) is 0 Å². The first-order valence-electron chi connectivity index (χ1n) is 5.20. The van der Waals surface area contributed by atoms with Crippen LogP contribution in [0.3, 0.4) is 0 Å². The molecule has 5 nitrogen and oxygen atoms in total. The molecule has 0 aliphatic carbocycles. The summed E-state index contributed by atoms with van der Waals surface area (Å²) >= 11 is 0. The predicted octanol–water partition coefficient (Wildman–Crippen LogP) is 1.73. The Hall–Kier alpha value is -2.04. The van der Waals surface area contributed by atoms with Crippen LogP contribution in [0.4, 0.5) is 5.69 Å². The van der Waals surface area contributed by atoms with Crippen molar-refractivity contribution in [2.24, 2.45) is 0 Å². The number of rotatable bonds is 4. The van der Waals surface area contributed by atoms with Gasteiger partial charge in [-0.05, 0) is 18.1 Å². The van der Waals surface area contributed by atoms with Crippen molar-refractivity contribution in [1.82, 2.24) is 0 Å². The van der Waals surface area contributed by atoms with Gasteiger partial charge in [0.25, 0.3) is 0 Å². The zero-order chi connectivity index (χ0) is 13.0. The molecule has 2 N–H and O–H groups in total. The molecule has 1 rings (SSSR count). The molecule has 0 spiro atoms. The van der Waals surface area contributed by atoms with E-state index < -0.39 is 0 Å². The zero-order valence-electron chi connectivity index (χ0n) is 10.0. The highest BCUT2D eigenvalue weighted by molar-refractivity contribution is 5.99. The van der Waals surface area contributed by atoms with Crippen molar-refractivity contribution in [3.63, 3.8) is 0 Å². The number of ether oxygens (including phenoxy) is 1. The maximum atomic E-state index is 11.1. The number of phenols is 1. The highest BCUT2D eigenvalue weighted by atomic mass is 16.5. The van der Waals surface area contributed by atoms with E-state index in [4.69, 9.17) is 4.74 Å². The summed E-state index contributed by atoms with van der Waals surface area (Å²) in [5.41, 5.74) is 1.11. The molecule has 0 bridgehead atoms. The van der Waals surface area contributed by atoms with Gasteiger partial charge in [0.15, 0.2) is 17.8 Å². The third-order valence-corrected chi connectivity index (χ3v) is 2.40. The lowest BCUT2D eigenvalue weighted by atomic mass is 10.0. The Labute approximate surface area is 99.4 Å². The number of hydrogen-bond donors (Lipinski definition) is 2. The van der Waals surface area contributed by atoms with Crippen molar-refractivity contribution < 1.29 is 19.4 Å². The van der Waals surface area contributed by atoms with Crippen molar-refractivity contribution >= 4 is 17.9 Å². The molecule has 0 saturated carbocycles. The predicted molar refractivity (Wildman–Crippen MR) is 63.7 cm³/mol. The second-order valence-corrected chi connectivity index (χ2v) is 3.53. The van der Waals surface area contributed by atoms with E-state index in [1.807, 2.05) is 6.92 Å². The molecule has 1 aromatic carbocycles. The Morgan fingerprint density at radius 3 is 2.65 bits per heavy atom. The molecular weight excluding hydrogens is 222 g/mol. The van der Waals surface area contributed by atoms with Crippen molar-refractivity contribution in [3.05, 3.63) is 17.2 Å². The highest BCUT2D eigenvalue weighted by Gasteiger charge is 2.17. The van der Waals surface area contributed by atoms with Gasteiger partial charge in [0.1, 0.15) is 0 Å². The van der Waals surface area contributed by atoms with Crippen LogP contribution in [0.1, 0.15) is 29.8 Å². The third kappa shape index (κ3) is 2.55. The fourth-order valence-corrected chi connectivity index (χ4v) is 1.60. The van der Waals surface area contributed by atoms with Gasteiger partial charge >= 0.3 is 0 Å². The normalized spacial score (nSPS) is 9.82. The number of amides is 1. The highest BCUT2D eigenvalue weighted by Crippen LogP contribution is 2.37. The monoisotopic (exact) mass is 237 g/mol. The molecule has 0 saturated heterocycles. The summed E-state index contributed by atoms with van der Waals surface area (Å²) in [7, 11) is 1.40. The van der Waals surface area contributed by atoms with E-state index in [1.165, 1.54) is 14.0 Å². The Balaban J connectivity index is 3.48. The molecule has 0 unspecified atom stereocenters. The van der Waals surface area contributed by atoms with Crippen LogP contribution < -0.4 is 10.1 Å². The zero-order valence-corrected chi connectivity index (χ0v) is 10.0. The molecule has 1 aromatic rings. The fraction of sp³-hybridized carbons (Fsp3) is 0.333. The van der Waals surface area contributed by atoms with E-state index in [9.17, 15) is 14.7 Å². The molecule has 0 radical (unpaired) electrons. The standard InChI is InChI=1S/C12H15NO4/c1-4-8-5-10(17-3)12(16)9(6-14)11(8)13-7(2)15/h5-6,16H,4H2,1-3H3,(H,13,15). The molecule has 0 heterocycles. The summed E-state index contributed by atoms with van der Waals surface area (Å²) in [6, 6.07) is 1.60. The number of carbonyl (C=O) groups excluding carboxylic acids is 2. The van der Waals surface area contributed by atoms with Gasteiger partial charge in [-0.15, -0.1) is 0 Å². The number of nitrogens with one attached hydrogen (secondary N) is 1. The van der Waals surface area contributed by atoms with Crippen LogP contribution in [0.15, 0.2) is 6.07 Å². The second-order valence-electron chi connectivity index (χ2n) is 3.53. The first-order valence-corrected chi connectivity index (χ1v) is 5.20. The largest absolute Gasteiger partial charge is 0.504 e. The number of hydrogen-bond acceptors (Lipinski definition) is 4. The number of phenolic OH excluding ortho intramolecular Hbond substituents is 1. The summed E-state index contributed by atoms with van der Waals surface area (Å²) in [6.07, 6.45) is 1.11. The van der Waals surface area contributed by atoms with Crippen LogP contribution >= 0.6 is 0 Å². The Morgan fingerprint density at radius 1 is 1.59 bits per heavy atom. The first kappa shape index (κ1) is 13.0. The molecule has 92 valence electrons. The number of benzene rings is 1. The maximum Gasteiger partial charge on any atom is 0.221 e. The molecule has 0 aliphatic rings. The van der Waals surface area contributed by atoms with Crippen molar-refractivity contribution in [2.75, 3.05) is 12.4 Å². The number of aromatic hydroxyl groups is 1. The minimum atomic E-state index is -0.299. The summed E-state index contributed by atoms with van der Waals surface area (Å²) in [6.45, 7) is 3.22. The topological polar surface area (TPSA) is 75.6 Å². The van der Waals surface area contributed by atoms with Gasteiger partial charge in [-0.1, -0.05) is 6.92 Å². The van der Waals surface area contributed by atoms with E-state index in [-0.39, 0.29) is 23.0 Å². The Bertz CT molecular complexity index is 454. The van der Waals surface area contributed by atoms with Gasteiger partial charge in [-0.3, -0.25) is 9.59 Å². The van der Waals surface area contributed by atoms with E-state index in [1.54, 1.807) is 6.07 Å². The average Bonchev–Trinajstić information content (AvgIpc) is 2.29. The molecule has 0 fully saturated rings. The van der Waals surface area contributed by atoms with Crippen molar-refractivity contribution in [3.8, 4) is 11.5 Å². The molecule has 0 aromatic heterocycles. The lowest BCUT2D eigenvalue weighted by Crippen LogP contribution is -2.11. The van der Waals surface area contributed by atoms with Gasteiger partial charge in [-0.25, -0.2) is 0 Å². The molecule has 0 aliphatic heterocycles. The number of aryl methyl sites for hydroxylation is 1. The smallest absolute Gasteiger partial charge is 0.221 e. The van der Waals surface area contributed by atoms with Crippen LogP contribution in [0.5, 0.6) is 11.5 Å². The number of anilines is 1. The minimum Gasteiger partial charge on any atom is -0.504 e. The summed E-state index contributed by atoms with van der Waals surface area (Å²) < 4.78 is 4.97. The SMILES string of the molecule is CCc1cc(OC)c(O)c(C=O)c1NC(C)=O. The van der Waals surface area contributed by atoms with Crippen LogP contribution in [-0.4, -0.2) is 24.4 Å². The number of methoxy groups -OCH3 is 1. The van der Waals surface area contributed by atoms with Crippen molar-refractivity contribution in [2.45, 2.75) is 20.3 Å². The fourth-order valence-electron chi connectivity index (χ4n) is 1.60. The molecular formula is C12H15NO4. The lowest BCUT2D eigenvalue weighted by molar-refractivity contribution is -0.114. The van der Waals surface area contributed by atoms with Gasteiger partial charge in [0.2, 0.25) is 5.91 Å².